The van der Waals surface area contributed by atoms with Crippen LogP contribution in [-0.2, 0) is 4.84 Å². The number of carbonyl (C=O) groups excluding carboxylic acids is 1. The zero-order chi connectivity index (χ0) is 16.9. The maximum atomic E-state index is 12.1. The first-order valence-electron chi connectivity index (χ1n) is 7.34. The third kappa shape index (κ3) is 3.27. The lowest BCUT2D eigenvalue weighted by atomic mass is 10.1. The zero-order valence-corrected chi connectivity index (χ0v) is 13.4. The molecule has 0 radical (unpaired) electrons. The second kappa shape index (κ2) is 6.95. The topological polar surface area (TPSA) is 66.0 Å². The summed E-state index contributed by atoms with van der Waals surface area (Å²) >= 11 is 0. The maximum absolute atomic E-state index is 12.1. The van der Waals surface area contributed by atoms with Crippen molar-refractivity contribution in [1.29, 1.82) is 0 Å². The predicted octanol–water partition coefficient (Wildman–Crippen LogP) is 2.80. The molecule has 0 aliphatic carbocycles. The van der Waals surface area contributed by atoms with E-state index in [1.165, 1.54) is 0 Å². The molecule has 1 heterocycles. The molecule has 3 rings (SSSR count). The molecule has 0 amide bonds. The van der Waals surface area contributed by atoms with Crippen LogP contribution in [0.5, 0.6) is 17.2 Å². The van der Waals surface area contributed by atoms with Crippen LogP contribution < -0.4 is 19.7 Å². The molecule has 0 atom stereocenters. The molecule has 0 spiro atoms. The van der Waals surface area contributed by atoms with Crippen LogP contribution in [0.15, 0.2) is 48.5 Å². The van der Waals surface area contributed by atoms with E-state index in [0.717, 1.165) is 5.56 Å². The zero-order valence-electron chi connectivity index (χ0n) is 13.4. The molecular weight excluding hydrogens is 310 g/mol. The average molecular weight is 327 g/mol. The van der Waals surface area contributed by atoms with Crippen molar-refractivity contribution >= 4 is 11.7 Å². The Morgan fingerprint density at radius 3 is 2.46 bits per heavy atom. The largest absolute Gasteiger partial charge is 0.497 e. The molecule has 0 saturated carbocycles. The summed E-state index contributed by atoms with van der Waals surface area (Å²) in [5.74, 6) is 1.56. The van der Waals surface area contributed by atoms with Gasteiger partial charge in [0.05, 0.1) is 25.5 Å². The highest BCUT2D eigenvalue weighted by Crippen LogP contribution is 2.31. The van der Waals surface area contributed by atoms with E-state index in [-0.39, 0.29) is 0 Å². The normalized spacial score (nSPS) is 12.3. The van der Waals surface area contributed by atoms with Crippen LogP contribution in [0, 0.1) is 0 Å². The van der Waals surface area contributed by atoms with Crippen LogP contribution in [0.3, 0.4) is 0 Å². The fraction of sp³-hybridized carbons (Fsp3) is 0.167. The van der Waals surface area contributed by atoms with Crippen molar-refractivity contribution in [3.63, 3.8) is 0 Å². The molecule has 0 unspecified atom stereocenters. The molecule has 0 aromatic heterocycles. The van der Waals surface area contributed by atoms with Gasteiger partial charge in [0.25, 0.3) is 0 Å². The lowest BCUT2D eigenvalue weighted by Gasteiger charge is -2.19. The van der Waals surface area contributed by atoms with Crippen LogP contribution in [0.2, 0.25) is 0 Å². The van der Waals surface area contributed by atoms with E-state index in [0.29, 0.717) is 35.1 Å². The SMILES string of the molecule is COc1ccc(C(=O)ONC2=CCOc3cc(OC)ccc32)cc1. The second-order valence-corrected chi connectivity index (χ2v) is 5.01. The van der Waals surface area contributed by atoms with Gasteiger partial charge < -0.3 is 19.0 Å². The van der Waals surface area contributed by atoms with E-state index in [1.807, 2.05) is 12.1 Å². The molecule has 0 fully saturated rings. The third-order valence-corrected chi connectivity index (χ3v) is 3.58. The number of hydrogen-bond donors (Lipinski definition) is 1. The van der Waals surface area contributed by atoms with Gasteiger partial charge in [-0.2, -0.15) is 0 Å². The Morgan fingerprint density at radius 1 is 1.04 bits per heavy atom. The van der Waals surface area contributed by atoms with E-state index in [9.17, 15) is 4.79 Å². The summed E-state index contributed by atoms with van der Waals surface area (Å²) in [5, 5.41) is 0. The molecule has 0 saturated heterocycles. The Hall–Kier alpha value is -3.15. The average Bonchev–Trinajstić information content (AvgIpc) is 2.65. The number of hydroxylamine groups is 1. The summed E-state index contributed by atoms with van der Waals surface area (Å²) in [7, 11) is 3.16. The number of rotatable bonds is 5. The number of nitrogens with one attached hydrogen (secondary N) is 1. The highest BCUT2D eigenvalue weighted by Gasteiger charge is 2.16. The van der Waals surface area contributed by atoms with Crippen molar-refractivity contribution in [3.05, 3.63) is 59.7 Å². The van der Waals surface area contributed by atoms with E-state index >= 15 is 0 Å². The van der Waals surface area contributed by atoms with Gasteiger partial charge in [0.1, 0.15) is 23.9 Å². The van der Waals surface area contributed by atoms with Crippen LogP contribution in [0.25, 0.3) is 5.70 Å². The Labute approximate surface area is 139 Å². The molecule has 2 aromatic carbocycles. The smallest absolute Gasteiger partial charge is 0.362 e. The van der Waals surface area contributed by atoms with Gasteiger partial charge in [0.2, 0.25) is 0 Å². The fourth-order valence-corrected chi connectivity index (χ4v) is 2.28. The van der Waals surface area contributed by atoms with Crippen LogP contribution >= 0.6 is 0 Å². The summed E-state index contributed by atoms with van der Waals surface area (Å²) in [6, 6.07) is 12.1. The standard InChI is InChI=1S/C18H17NO5/c1-21-13-5-3-12(4-6-13)18(20)24-19-16-9-10-23-17-11-14(22-2)7-8-15(16)17/h3-9,11,19H,10H2,1-2H3. The number of carbonyl (C=O) groups is 1. The first-order chi connectivity index (χ1) is 11.7. The number of hydrogen-bond acceptors (Lipinski definition) is 6. The molecule has 6 nitrogen and oxygen atoms in total. The van der Waals surface area contributed by atoms with E-state index < -0.39 is 5.97 Å². The van der Waals surface area contributed by atoms with Crippen LogP contribution in [-0.4, -0.2) is 26.8 Å². The van der Waals surface area contributed by atoms with Gasteiger partial charge in [-0.15, -0.1) is 0 Å². The van der Waals surface area contributed by atoms with E-state index in [1.54, 1.807) is 50.6 Å². The van der Waals surface area contributed by atoms with Crippen molar-refractivity contribution in [3.8, 4) is 17.2 Å². The molecule has 6 heteroatoms. The summed E-state index contributed by atoms with van der Waals surface area (Å²) in [5.41, 5.74) is 4.59. The number of ether oxygens (including phenoxy) is 3. The van der Waals surface area contributed by atoms with Crippen LogP contribution in [0.1, 0.15) is 15.9 Å². The van der Waals surface area contributed by atoms with E-state index in [2.05, 4.69) is 5.48 Å². The molecule has 1 N–H and O–H groups in total. The van der Waals surface area contributed by atoms with E-state index in [4.69, 9.17) is 19.0 Å². The fourth-order valence-electron chi connectivity index (χ4n) is 2.28. The minimum Gasteiger partial charge on any atom is -0.497 e. The van der Waals surface area contributed by atoms with Gasteiger partial charge in [-0.1, -0.05) is 0 Å². The van der Waals surface area contributed by atoms with Crippen molar-refractivity contribution in [2.75, 3.05) is 20.8 Å². The molecular formula is C18H17NO5. The predicted molar refractivity (Wildman–Crippen MR) is 88.0 cm³/mol. The molecule has 2 aromatic rings. The molecule has 124 valence electrons. The van der Waals surface area contributed by atoms with Crippen molar-refractivity contribution in [1.82, 2.24) is 5.48 Å². The summed E-state index contributed by atoms with van der Waals surface area (Å²) < 4.78 is 15.8. The Morgan fingerprint density at radius 2 is 1.75 bits per heavy atom. The highest BCUT2D eigenvalue weighted by atomic mass is 16.7. The lowest BCUT2D eigenvalue weighted by Crippen LogP contribution is -2.21. The van der Waals surface area contributed by atoms with Gasteiger partial charge in [-0.25, -0.2) is 10.3 Å². The summed E-state index contributed by atoms with van der Waals surface area (Å²) in [4.78, 5) is 17.3. The third-order valence-electron chi connectivity index (χ3n) is 3.58. The number of benzene rings is 2. The van der Waals surface area contributed by atoms with Crippen molar-refractivity contribution in [2.24, 2.45) is 0 Å². The summed E-state index contributed by atoms with van der Waals surface area (Å²) in [6.07, 6.45) is 1.80. The molecule has 1 aliphatic heterocycles. The number of fused-ring (bicyclic) bond motifs is 1. The lowest BCUT2D eigenvalue weighted by molar-refractivity contribution is 0.0366. The minimum atomic E-state index is -0.486. The number of methoxy groups -OCH3 is 2. The quantitative estimate of drug-likeness (QED) is 0.852. The first kappa shape index (κ1) is 15.7. The van der Waals surface area contributed by atoms with Gasteiger partial charge in [0.15, 0.2) is 0 Å². The van der Waals surface area contributed by atoms with Gasteiger partial charge in [-0.3, -0.25) is 0 Å². The Bertz CT molecular complexity index is 767. The van der Waals surface area contributed by atoms with Crippen molar-refractivity contribution < 1.29 is 23.8 Å². The highest BCUT2D eigenvalue weighted by molar-refractivity contribution is 5.89. The van der Waals surface area contributed by atoms with Gasteiger partial charge in [0, 0.05) is 11.6 Å². The van der Waals surface area contributed by atoms with Crippen molar-refractivity contribution in [2.45, 2.75) is 0 Å². The maximum Gasteiger partial charge on any atom is 0.362 e. The monoisotopic (exact) mass is 327 g/mol. The molecule has 24 heavy (non-hydrogen) atoms. The Balaban J connectivity index is 1.68. The van der Waals surface area contributed by atoms with Crippen LogP contribution in [0.4, 0.5) is 0 Å². The molecule has 1 aliphatic rings. The minimum absolute atomic E-state index is 0.378. The summed E-state index contributed by atoms with van der Waals surface area (Å²) in [6.45, 7) is 0.378. The molecule has 0 bridgehead atoms. The Kier molecular flexibility index (Phi) is 4.56. The first-order valence-corrected chi connectivity index (χ1v) is 7.34. The van der Waals surface area contributed by atoms with Gasteiger partial charge in [-0.05, 0) is 42.5 Å². The second-order valence-electron chi connectivity index (χ2n) is 5.01. The van der Waals surface area contributed by atoms with Gasteiger partial charge >= 0.3 is 5.97 Å².